The van der Waals surface area contributed by atoms with Crippen LogP contribution in [-0.4, -0.2) is 25.4 Å². The van der Waals surface area contributed by atoms with Crippen molar-refractivity contribution in [2.45, 2.75) is 6.54 Å². The summed E-state index contributed by atoms with van der Waals surface area (Å²) in [6.45, 7) is 1.39. The highest BCUT2D eigenvalue weighted by atomic mass is 16.6. The summed E-state index contributed by atoms with van der Waals surface area (Å²) >= 11 is 0. The fraction of sp³-hybridized carbons (Fsp3) is 0.400. The van der Waals surface area contributed by atoms with Crippen LogP contribution in [0.2, 0.25) is 0 Å². The fourth-order valence-corrected chi connectivity index (χ4v) is 1.43. The molecule has 1 heterocycles. The van der Waals surface area contributed by atoms with Gasteiger partial charge in [0.15, 0.2) is 11.5 Å². The lowest BCUT2D eigenvalue weighted by atomic mass is 10.1. The van der Waals surface area contributed by atoms with E-state index in [2.05, 4.69) is 5.48 Å². The summed E-state index contributed by atoms with van der Waals surface area (Å²) in [5, 5.41) is 9.86. The second-order valence-corrected chi connectivity index (χ2v) is 3.12. The summed E-state index contributed by atoms with van der Waals surface area (Å²) in [5.74, 6) is 1.10. The van der Waals surface area contributed by atoms with Gasteiger partial charge in [0, 0.05) is 12.1 Å². The zero-order valence-electron chi connectivity index (χ0n) is 8.45. The standard InChI is InChI=1S/C10H13NO4/c1-13-11-6-7-2-3-8-10(9(7)12)15-5-4-14-8/h2-3,11-12H,4-6H2,1H3. The predicted molar refractivity (Wildman–Crippen MR) is 52.9 cm³/mol. The van der Waals surface area contributed by atoms with Crippen LogP contribution in [0.4, 0.5) is 0 Å². The minimum absolute atomic E-state index is 0.108. The lowest BCUT2D eigenvalue weighted by Crippen LogP contribution is -2.16. The molecule has 0 saturated carbocycles. The summed E-state index contributed by atoms with van der Waals surface area (Å²) in [6, 6.07) is 3.55. The van der Waals surface area contributed by atoms with Crippen molar-refractivity contribution in [3.8, 4) is 17.2 Å². The van der Waals surface area contributed by atoms with E-state index in [1.807, 2.05) is 0 Å². The number of phenols is 1. The van der Waals surface area contributed by atoms with Crippen molar-refractivity contribution in [3.63, 3.8) is 0 Å². The Balaban J connectivity index is 2.26. The number of ether oxygens (including phenoxy) is 2. The van der Waals surface area contributed by atoms with Gasteiger partial charge in [-0.05, 0) is 12.1 Å². The number of nitrogens with one attached hydrogen (secondary N) is 1. The van der Waals surface area contributed by atoms with Gasteiger partial charge in [-0.3, -0.25) is 0 Å². The highest BCUT2D eigenvalue weighted by Gasteiger charge is 2.18. The Bertz CT molecular complexity index is 354. The average Bonchev–Trinajstić information content (AvgIpc) is 2.29. The molecule has 1 aromatic rings. The molecule has 5 nitrogen and oxygen atoms in total. The van der Waals surface area contributed by atoms with Crippen LogP contribution >= 0.6 is 0 Å². The van der Waals surface area contributed by atoms with Crippen molar-refractivity contribution >= 4 is 0 Å². The molecule has 0 fully saturated rings. The maximum Gasteiger partial charge on any atom is 0.203 e. The number of fused-ring (bicyclic) bond motifs is 1. The van der Waals surface area contributed by atoms with Crippen molar-refractivity contribution in [1.82, 2.24) is 5.48 Å². The molecule has 1 aliphatic rings. The van der Waals surface area contributed by atoms with Crippen LogP contribution in [0, 0.1) is 0 Å². The van der Waals surface area contributed by atoms with Crippen molar-refractivity contribution in [1.29, 1.82) is 0 Å². The van der Waals surface area contributed by atoms with Gasteiger partial charge in [0.2, 0.25) is 5.75 Å². The molecule has 2 N–H and O–H groups in total. The Morgan fingerprint density at radius 2 is 2.20 bits per heavy atom. The largest absolute Gasteiger partial charge is 0.504 e. The molecule has 0 aromatic heterocycles. The number of phenolic OH excluding ortho intramolecular Hbond substituents is 1. The molecule has 0 atom stereocenters. The van der Waals surface area contributed by atoms with Crippen LogP contribution in [0.1, 0.15) is 5.56 Å². The highest BCUT2D eigenvalue weighted by molar-refractivity contribution is 5.55. The first-order chi connectivity index (χ1) is 7.33. The first kappa shape index (κ1) is 10.1. The molecule has 5 heteroatoms. The highest BCUT2D eigenvalue weighted by Crippen LogP contribution is 2.40. The van der Waals surface area contributed by atoms with Crippen LogP contribution in [0.3, 0.4) is 0 Å². The molecule has 1 aromatic carbocycles. The Labute approximate surface area is 87.5 Å². The Hall–Kier alpha value is -1.46. The van der Waals surface area contributed by atoms with E-state index in [1.165, 1.54) is 7.11 Å². The Morgan fingerprint density at radius 1 is 1.40 bits per heavy atom. The van der Waals surface area contributed by atoms with E-state index in [1.54, 1.807) is 12.1 Å². The van der Waals surface area contributed by atoms with E-state index < -0.39 is 0 Å². The molecular weight excluding hydrogens is 198 g/mol. The van der Waals surface area contributed by atoms with Gasteiger partial charge in [0.1, 0.15) is 13.2 Å². The zero-order valence-corrected chi connectivity index (χ0v) is 8.45. The summed E-state index contributed by atoms with van der Waals surface area (Å²) in [6.07, 6.45) is 0. The molecule has 0 radical (unpaired) electrons. The Kier molecular flexibility index (Phi) is 2.94. The molecule has 0 amide bonds. The quantitative estimate of drug-likeness (QED) is 0.725. The first-order valence-corrected chi connectivity index (χ1v) is 4.69. The van der Waals surface area contributed by atoms with Crippen LogP contribution in [-0.2, 0) is 11.4 Å². The van der Waals surface area contributed by atoms with Crippen LogP contribution in [0.25, 0.3) is 0 Å². The lowest BCUT2D eigenvalue weighted by Gasteiger charge is -2.20. The smallest absolute Gasteiger partial charge is 0.203 e. The lowest BCUT2D eigenvalue weighted by molar-refractivity contribution is 0.0858. The van der Waals surface area contributed by atoms with E-state index in [0.29, 0.717) is 36.8 Å². The van der Waals surface area contributed by atoms with Gasteiger partial charge in [-0.1, -0.05) is 0 Å². The first-order valence-electron chi connectivity index (χ1n) is 4.69. The van der Waals surface area contributed by atoms with Crippen molar-refractivity contribution in [2.24, 2.45) is 0 Å². The van der Waals surface area contributed by atoms with Crippen molar-refractivity contribution < 1.29 is 19.4 Å². The van der Waals surface area contributed by atoms with Gasteiger partial charge in [0.25, 0.3) is 0 Å². The maximum absolute atomic E-state index is 9.86. The van der Waals surface area contributed by atoms with E-state index in [4.69, 9.17) is 14.3 Å². The molecule has 0 unspecified atom stereocenters. The molecule has 0 aliphatic carbocycles. The van der Waals surface area contributed by atoms with E-state index >= 15 is 0 Å². The van der Waals surface area contributed by atoms with Crippen molar-refractivity contribution in [2.75, 3.05) is 20.3 Å². The van der Waals surface area contributed by atoms with Crippen LogP contribution in [0.5, 0.6) is 17.2 Å². The third-order valence-electron chi connectivity index (χ3n) is 2.17. The molecule has 0 saturated heterocycles. The predicted octanol–water partition coefficient (Wildman–Crippen LogP) is 0.814. The van der Waals surface area contributed by atoms with Gasteiger partial charge < -0.3 is 19.4 Å². The van der Waals surface area contributed by atoms with Crippen molar-refractivity contribution in [3.05, 3.63) is 17.7 Å². The number of rotatable bonds is 3. The SMILES string of the molecule is CONCc1ccc2c(c1O)OCCO2. The molecule has 1 aliphatic heterocycles. The second-order valence-electron chi connectivity index (χ2n) is 3.12. The molecule has 15 heavy (non-hydrogen) atoms. The number of benzene rings is 1. The summed E-state index contributed by atoms with van der Waals surface area (Å²) in [5.41, 5.74) is 3.37. The Morgan fingerprint density at radius 3 is 3.00 bits per heavy atom. The zero-order chi connectivity index (χ0) is 10.7. The van der Waals surface area contributed by atoms with E-state index in [9.17, 15) is 5.11 Å². The molecule has 82 valence electrons. The molecular formula is C10H13NO4. The minimum atomic E-state index is 0.108. The maximum atomic E-state index is 9.86. The topological polar surface area (TPSA) is 60.0 Å². The van der Waals surface area contributed by atoms with Gasteiger partial charge in [0.05, 0.1) is 7.11 Å². The number of aromatic hydroxyl groups is 1. The van der Waals surface area contributed by atoms with Crippen LogP contribution < -0.4 is 15.0 Å². The van der Waals surface area contributed by atoms with Gasteiger partial charge in [-0.15, -0.1) is 0 Å². The van der Waals surface area contributed by atoms with E-state index in [0.717, 1.165) is 0 Å². The molecule has 0 spiro atoms. The van der Waals surface area contributed by atoms with E-state index in [-0.39, 0.29) is 5.75 Å². The number of hydrogen-bond acceptors (Lipinski definition) is 5. The second kappa shape index (κ2) is 4.37. The summed E-state index contributed by atoms with van der Waals surface area (Å²) in [4.78, 5) is 4.71. The number of hydrogen-bond donors (Lipinski definition) is 2. The molecule has 2 rings (SSSR count). The summed E-state index contributed by atoms with van der Waals surface area (Å²) < 4.78 is 10.7. The third kappa shape index (κ3) is 1.98. The monoisotopic (exact) mass is 211 g/mol. The normalized spacial score (nSPS) is 13.9. The minimum Gasteiger partial charge on any atom is -0.504 e. The summed E-state index contributed by atoms with van der Waals surface area (Å²) in [7, 11) is 1.52. The van der Waals surface area contributed by atoms with Gasteiger partial charge in [-0.2, -0.15) is 5.48 Å². The van der Waals surface area contributed by atoms with Crippen LogP contribution in [0.15, 0.2) is 12.1 Å². The average molecular weight is 211 g/mol. The third-order valence-corrected chi connectivity index (χ3v) is 2.17. The van der Waals surface area contributed by atoms with Gasteiger partial charge in [-0.25, -0.2) is 0 Å². The number of hydroxylamine groups is 1. The molecule has 0 bridgehead atoms. The van der Waals surface area contributed by atoms with Gasteiger partial charge >= 0.3 is 0 Å². The fourth-order valence-electron chi connectivity index (χ4n) is 1.43.